The van der Waals surface area contributed by atoms with Gasteiger partial charge in [-0.05, 0) is 48.8 Å². The molecule has 0 bridgehead atoms. The first-order valence-corrected chi connectivity index (χ1v) is 6.91. The van der Waals surface area contributed by atoms with Crippen LogP contribution in [0.2, 0.25) is 0 Å². The smallest absolute Gasteiger partial charge is 0.414 e. The molecule has 0 radical (unpaired) electrons. The summed E-state index contributed by atoms with van der Waals surface area (Å²) in [5, 5.41) is 0. The lowest BCUT2D eigenvalue weighted by atomic mass is 10.0. The number of rotatable bonds is 0. The van der Waals surface area contributed by atoms with Crippen molar-refractivity contribution in [2.75, 3.05) is 11.4 Å². The number of hydrogen-bond donors (Lipinski definition) is 0. The molecule has 0 fully saturated rings. The number of anilines is 1. The standard InChI is InChI=1S/C14H16BrNO3/c1-14(2,3)19-13(18)16-8-7-11(17)12-9(15)5-4-6-10(12)16/h4-6H,7-8H2,1-3H3. The molecule has 0 saturated heterocycles. The highest BCUT2D eigenvalue weighted by molar-refractivity contribution is 9.10. The highest BCUT2D eigenvalue weighted by Crippen LogP contribution is 2.33. The molecule has 1 aromatic rings. The Morgan fingerprint density at radius 1 is 1.37 bits per heavy atom. The monoisotopic (exact) mass is 325 g/mol. The molecule has 19 heavy (non-hydrogen) atoms. The van der Waals surface area contributed by atoms with Crippen LogP contribution < -0.4 is 4.90 Å². The van der Waals surface area contributed by atoms with Gasteiger partial charge in [0.2, 0.25) is 0 Å². The van der Waals surface area contributed by atoms with Gasteiger partial charge in [0, 0.05) is 17.4 Å². The fraction of sp³-hybridized carbons (Fsp3) is 0.429. The Morgan fingerprint density at radius 3 is 2.68 bits per heavy atom. The van der Waals surface area contributed by atoms with Gasteiger partial charge in [0.15, 0.2) is 5.78 Å². The lowest BCUT2D eigenvalue weighted by Gasteiger charge is -2.31. The van der Waals surface area contributed by atoms with Crippen LogP contribution in [0, 0.1) is 0 Å². The first-order chi connectivity index (χ1) is 8.79. The molecule has 1 aliphatic heterocycles. The maximum Gasteiger partial charge on any atom is 0.414 e. The molecule has 0 aromatic heterocycles. The third-order valence-electron chi connectivity index (χ3n) is 2.74. The van der Waals surface area contributed by atoms with E-state index in [1.54, 1.807) is 18.2 Å². The van der Waals surface area contributed by atoms with E-state index in [9.17, 15) is 9.59 Å². The molecule has 0 N–H and O–H groups in total. The highest BCUT2D eigenvalue weighted by Gasteiger charge is 2.31. The molecule has 0 atom stereocenters. The van der Waals surface area contributed by atoms with Crippen molar-refractivity contribution in [1.82, 2.24) is 0 Å². The van der Waals surface area contributed by atoms with Gasteiger partial charge < -0.3 is 4.74 Å². The van der Waals surface area contributed by atoms with E-state index in [4.69, 9.17) is 4.74 Å². The number of ether oxygens (including phenoxy) is 1. The predicted molar refractivity (Wildman–Crippen MR) is 76.7 cm³/mol. The number of halogens is 1. The van der Waals surface area contributed by atoms with Crippen molar-refractivity contribution in [3.05, 3.63) is 28.2 Å². The molecule has 0 unspecified atom stereocenters. The number of carbonyl (C=O) groups excluding carboxylic acids is 2. The first kappa shape index (κ1) is 14.1. The third-order valence-corrected chi connectivity index (χ3v) is 3.40. The summed E-state index contributed by atoms with van der Waals surface area (Å²) in [4.78, 5) is 25.6. The summed E-state index contributed by atoms with van der Waals surface area (Å²) < 4.78 is 6.08. The molecule has 0 saturated carbocycles. The number of nitrogens with zero attached hydrogens (tertiary/aromatic N) is 1. The second-order valence-corrected chi connectivity index (χ2v) is 6.29. The average Bonchev–Trinajstić information content (AvgIpc) is 2.26. The van der Waals surface area contributed by atoms with Crippen LogP contribution >= 0.6 is 15.9 Å². The summed E-state index contributed by atoms with van der Waals surface area (Å²) in [5.74, 6) is 0.0438. The zero-order valence-corrected chi connectivity index (χ0v) is 12.8. The number of ketones is 1. The second-order valence-electron chi connectivity index (χ2n) is 5.44. The van der Waals surface area contributed by atoms with Gasteiger partial charge in [0.1, 0.15) is 5.60 Å². The normalized spacial score (nSPS) is 15.2. The van der Waals surface area contributed by atoms with Crippen LogP contribution in [0.25, 0.3) is 0 Å². The van der Waals surface area contributed by atoms with Crippen LogP contribution in [0.4, 0.5) is 10.5 Å². The van der Waals surface area contributed by atoms with Crippen LogP contribution in [0.3, 0.4) is 0 Å². The predicted octanol–water partition coefficient (Wildman–Crippen LogP) is 3.78. The molecule has 1 aliphatic rings. The Morgan fingerprint density at radius 2 is 2.05 bits per heavy atom. The molecule has 1 amide bonds. The molecule has 0 spiro atoms. The van der Waals surface area contributed by atoms with E-state index in [1.165, 1.54) is 4.90 Å². The Hall–Kier alpha value is -1.36. The summed E-state index contributed by atoms with van der Waals surface area (Å²) in [6.45, 7) is 5.82. The zero-order chi connectivity index (χ0) is 14.2. The van der Waals surface area contributed by atoms with Gasteiger partial charge in [-0.1, -0.05) is 6.07 Å². The fourth-order valence-electron chi connectivity index (χ4n) is 1.98. The number of hydrogen-bond acceptors (Lipinski definition) is 3. The van der Waals surface area contributed by atoms with Gasteiger partial charge >= 0.3 is 6.09 Å². The minimum Gasteiger partial charge on any atom is -0.443 e. The van der Waals surface area contributed by atoms with E-state index in [0.29, 0.717) is 28.7 Å². The maximum atomic E-state index is 12.2. The Bertz CT molecular complexity index is 534. The summed E-state index contributed by atoms with van der Waals surface area (Å²) in [7, 11) is 0. The van der Waals surface area contributed by atoms with Crippen LogP contribution in [0.15, 0.2) is 22.7 Å². The van der Waals surface area contributed by atoms with E-state index in [-0.39, 0.29) is 5.78 Å². The van der Waals surface area contributed by atoms with Gasteiger partial charge in [0.05, 0.1) is 11.3 Å². The largest absolute Gasteiger partial charge is 0.443 e. The minimum atomic E-state index is -0.551. The molecule has 5 heteroatoms. The van der Waals surface area contributed by atoms with Crippen molar-refractivity contribution in [3.63, 3.8) is 0 Å². The molecule has 4 nitrogen and oxygen atoms in total. The first-order valence-electron chi connectivity index (χ1n) is 6.12. The van der Waals surface area contributed by atoms with Crippen molar-refractivity contribution in [1.29, 1.82) is 0 Å². The minimum absolute atomic E-state index is 0.0438. The Balaban J connectivity index is 2.37. The Labute approximate surface area is 120 Å². The lowest BCUT2D eigenvalue weighted by Crippen LogP contribution is -2.41. The fourth-order valence-corrected chi connectivity index (χ4v) is 2.56. The average molecular weight is 326 g/mol. The maximum absolute atomic E-state index is 12.2. The highest BCUT2D eigenvalue weighted by atomic mass is 79.9. The van der Waals surface area contributed by atoms with Gasteiger partial charge in [0.25, 0.3) is 0 Å². The molecule has 0 aliphatic carbocycles. The van der Waals surface area contributed by atoms with E-state index in [0.717, 1.165) is 0 Å². The SMILES string of the molecule is CC(C)(C)OC(=O)N1CCC(=O)c2c(Br)cccc21. The van der Waals surface area contributed by atoms with E-state index >= 15 is 0 Å². The Kier molecular flexibility index (Phi) is 3.67. The van der Waals surface area contributed by atoms with Gasteiger partial charge in [-0.2, -0.15) is 0 Å². The van der Waals surface area contributed by atoms with Crippen molar-refractivity contribution >= 4 is 33.5 Å². The number of fused-ring (bicyclic) bond motifs is 1. The van der Waals surface area contributed by atoms with Crippen LogP contribution in [0.1, 0.15) is 37.6 Å². The van der Waals surface area contributed by atoms with Crippen LogP contribution in [0.5, 0.6) is 0 Å². The lowest BCUT2D eigenvalue weighted by molar-refractivity contribution is 0.0577. The number of benzene rings is 1. The summed E-state index contributed by atoms with van der Waals surface area (Å²) >= 11 is 3.36. The molecule has 102 valence electrons. The zero-order valence-electron chi connectivity index (χ0n) is 11.2. The molecule has 2 rings (SSSR count). The molecule has 1 aromatic carbocycles. The van der Waals surface area contributed by atoms with Crippen molar-refractivity contribution < 1.29 is 14.3 Å². The van der Waals surface area contributed by atoms with Crippen molar-refractivity contribution in [2.45, 2.75) is 32.8 Å². The molecular formula is C14H16BrNO3. The van der Waals surface area contributed by atoms with Crippen LogP contribution in [-0.2, 0) is 4.74 Å². The van der Waals surface area contributed by atoms with E-state index < -0.39 is 11.7 Å². The topological polar surface area (TPSA) is 46.6 Å². The van der Waals surface area contributed by atoms with Gasteiger partial charge in [-0.15, -0.1) is 0 Å². The quantitative estimate of drug-likeness (QED) is 0.729. The van der Waals surface area contributed by atoms with Crippen LogP contribution in [-0.4, -0.2) is 24.0 Å². The van der Waals surface area contributed by atoms with Crippen molar-refractivity contribution in [3.8, 4) is 0 Å². The van der Waals surface area contributed by atoms with Gasteiger partial charge in [-0.3, -0.25) is 9.69 Å². The van der Waals surface area contributed by atoms with E-state index in [2.05, 4.69) is 15.9 Å². The molecular weight excluding hydrogens is 310 g/mol. The molecule has 1 heterocycles. The van der Waals surface area contributed by atoms with Gasteiger partial charge in [-0.25, -0.2) is 4.79 Å². The second kappa shape index (κ2) is 4.96. The number of Topliss-reactive ketones (excluding diaryl/α,β-unsaturated/α-hetero) is 1. The number of carbonyl (C=O) groups is 2. The van der Waals surface area contributed by atoms with Crippen molar-refractivity contribution in [2.24, 2.45) is 0 Å². The summed E-state index contributed by atoms with van der Waals surface area (Å²) in [6.07, 6.45) is -0.103. The number of amides is 1. The summed E-state index contributed by atoms with van der Waals surface area (Å²) in [6, 6.07) is 5.37. The summed E-state index contributed by atoms with van der Waals surface area (Å²) in [5.41, 5.74) is 0.615. The third kappa shape index (κ3) is 2.97. The van der Waals surface area contributed by atoms with E-state index in [1.807, 2.05) is 20.8 Å².